The van der Waals surface area contributed by atoms with Crippen molar-refractivity contribution in [1.29, 1.82) is 0 Å². The minimum atomic E-state index is -4.75. The van der Waals surface area contributed by atoms with Gasteiger partial charge in [0.2, 0.25) is 5.78 Å². The van der Waals surface area contributed by atoms with Crippen LogP contribution in [-0.2, 0) is 15.7 Å². The molecule has 0 saturated carbocycles. The first-order valence-electron chi connectivity index (χ1n) is 8.79. The molecule has 10 heteroatoms. The third kappa shape index (κ3) is 5.56. The number of nitro benzene ring substituents is 1. The third-order valence-corrected chi connectivity index (χ3v) is 4.29. The lowest BCUT2D eigenvalue weighted by atomic mass is 10.0. The van der Waals surface area contributed by atoms with Crippen molar-refractivity contribution < 1.29 is 32.4 Å². The molecule has 2 aromatic carbocycles. The zero-order chi connectivity index (χ0) is 22.6. The topological polar surface area (TPSA) is 98.5 Å². The van der Waals surface area contributed by atoms with E-state index in [-0.39, 0.29) is 5.69 Å². The van der Waals surface area contributed by atoms with Crippen molar-refractivity contribution in [1.82, 2.24) is 0 Å². The van der Waals surface area contributed by atoms with Crippen molar-refractivity contribution in [3.8, 4) is 0 Å². The lowest BCUT2D eigenvalue weighted by molar-refractivity contribution is -0.384. The van der Waals surface area contributed by atoms with Gasteiger partial charge in [-0.3, -0.25) is 14.9 Å². The van der Waals surface area contributed by atoms with Gasteiger partial charge in [0.05, 0.1) is 10.5 Å². The van der Waals surface area contributed by atoms with E-state index in [9.17, 15) is 32.9 Å². The van der Waals surface area contributed by atoms with Crippen LogP contribution in [0.2, 0.25) is 0 Å². The first-order valence-corrected chi connectivity index (χ1v) is 8.79. The summed E-state index contributed by atoms with van der Waals surface area (Å²) in [5.41, 5.74) is -0.321. The monoisotopic (exact) mass is 424 g/mol. The van der Waals surface area contributed by atoms with Gasteiger partial charge in [-0.1, -0.05) is 17.7 Å². The largest absolute Gasteiger partial charge is 0.456 e. The fourth-order valence-corrected chi connectivity index (χ4v) is 2.65. The average molecular weight is 424 g/mol. The number of hydrogen-bond acceptors (Lipinski definition) is 6. The van der Waals surface area contributed by atoms with Crippen LogP contribution < -0.4 is 5.32 Å². The molecule has 2 aromatic rings. The number of benzene rings is 2. The Morgan fingerprint density at radius 2 is 1.83 bits per heavy atom. The summed E-state index contributed by atoms with van der Waals surface area (Å²) in [5.74, 6) is -1.31. The molecule has 0 saturated heterocycles. The number of rotatable bonds is 7. The predicted molar refractivity (Wildman–Crippen MR) is 102 cm³/mol. The number of hydrogen-bond donors (Lipinski definition) is 1. The molecule has 30 heavy (non-hydrogen) atoms. The van der Waals surface area contributed by atoms with E-state index in [0.717, 1.165) is 11.6 Å². The summed E-state index contributed by atoms with van der Waals surface area (Å²) in [5, 5.41) is 13.6. The van der Waals surface area contributed by atoms with Crippen LogP contribution in [0.15, 0.2) is 36.4 Å². The second kappa shape index (κ2) is 8.93. The Kier molecular flexibility index (Phi) is 6.81. The Labute approximate surface area is 170 Å². The van der Waals surface area contributed by atoms with Crippen LogP contribution in [0.4, 0.5) is 24.5 Å². The highest BCUT2D eigenvalue weighted by molar-refractivity contribution is 5.99. The molecule has 1 unspecified atom stereocenters. The highest BCUT2D eigenvalue weighted by Gasteiger charge is 2.33. The second-order valence-corrected chi connectivity index (χ2v) is 6.70. The average Bonchev–Trinajstić information content (AvgIpc) is 2.66. The molecule has 0 radical (unpaired) electrons. The molecule has 0 bridgehead atoms. The van der Waals surface area contributed by atoms with Gasteiger partial charge in [-0.15, -0.1) is 0 Å². The van der Waals surface area contributed by atoms with Crippen molar-refractivity contribution in [2.45, 2.75) is 33.0 Å². The molecule has 0 aliphatic rings. The maximum Gasteiger partial charge on any atom is 0.416 e. The van der Waals surface area contributed by atoms with E-state index >= 15 is 0 Å². The molecule has 0 heterocycles. The molecular formula is C20H19F3N2O5. The highest BCUT2D eigenvalue weighted by Crippen LogP contribution is 2.35. The number of nitrogens with zero attached hydrogens (tertiary/aromatic N) is 1. The Hall–Kier alpha value is -3.43. The number of halogens is 3. The number of alkyl halides is 3. The Bertz CT molecular complexity index is 989. The first kappa shape index (κ1) is 22.9. The van der Waals surface area contributed by atoms with Gasteiger partial charge in [0.1, 0.15) is 11.7 Å². The SMILES string of the molecule is Cc1ccc(C)c(C(=O)COC(=O)C(C)Nc2ccc(C(F)(F)F)cc2[N+](=O)[O-])c1. The van der Waals surface area contributed by atoms with Crippen molar-refractivity contribution in [3.63, 3.8) is 0 Å². The summed E-state index contributed by atoms with van der Waals surface area (Å²) in [4.78, 5) is 34.6. The van der Waals surface area contributed by atoms with Crippen LogP contribution >= 0.6 is 0 Å². The zero-order valence-corrected chi connectivity index (χ0v) is 16.4. The van der Waals surface area contributed by atoms with Crippen LogP contribution in [0, 0.1) is 24.0 Å². The molecule has 0 spiro atoms. The number of ketones is 1. The van der Waals surface area contributed by atoms with Gasteiger partial charge in [0.15, 0.2) is 6.61 Å². The molecule has 0 amide bonds. The fourth-order valence-electron chi connectivity index (χ4n) is 2.65. The van der Waals surface area contributed by atoms with E-state index in [4.69, 9.17) is 4.74 Å². The normalized spacial score (nSPS) is 12.2. The van der Waals surface area contributed by atoms with Crippen LogP contribution in [0.5, 0.6) is 0 Å². The lowest BCUT2D eigenvalue weighted by Gasteiger charge is -2.15. The summed E-state index contributed by atoms with van der Waals surface area (Å²) in [6.07, 6.45) is -4.75. The van der Waals surface area contributed by atoms with E-state index in [1.54, 1.807) is 19.1 Å². The molecule has 2 rings (SSSR count). The van der Waals surface area contributed by atoms with Crippen molar-refractivity contribution in [2.75, 3.05) is 11.9 Å². The number of nitro groups is 1. The van der Waals surface area contributed by atoms with Gasteiger partial charge in [0.25, 0.3) is 5.69 Å². The van der Waals surface area contributed by atoms with Crippen LogP contribution in [-0.4, -0.2) is 29.3 Å². The maximum atomic E-state index is 12.8. The van der Waals surface area contributed by atoms with Crippen LogP contribution in [0.1, 0.15) is 34.0 Å². The van der Waals surface area contributed by atoms with Gasteiger partial charge in [0, 0.05) is 11.6 Å². The number of anilines is 1. The summed E-state index contributed by atoms with van der Waals surface area (Å²) in [6, 6.07) is 6.03. The van der Waals surface area contributed by atoms with E-state index in [2.05, 4.69) is 5.32 Å². The molecule has 1 N–H and O–H groups in total. The van der Waals surface area contributed by atoms with Crippen molar-refractivity contribution in [2.24, 2.45) is 0 Å². The third-order valence-electron chi connectivity index (χ3n) is 4.29. The molecule has 0 fully saturated rings. The van der Waals surface area contributed by atoms with Gasteiger partial charge < -0.3 is 10.1 Å². The van der Waals surface area contributed by atoms with E-state index < -0.39 is 46.8 Å². The van der Waals surface area contributed by atoms with E-state index in [1.165, 1.54) is 6.92 Å². The number of esters is 1. The predicted octanol–water partition coefficient (Wildman–Crippen LogP) is 4.46. The van der Waals surface area contributed by atoms with Crippen LogP contribution in [0.25, 0.3) is 0 Å². The molecule has 0 aromatic heterocycles. The number of Topliss-reactive ketones (excluding diaryl/α,β-unsaturated/α-hetero) is 1. The van der Waals surface area contributed by atoms with Crippen molar-refractivity contribution in [3.05, 3.63) is 68.8 Å². The highest BCUT2D eigenvalue weighted by atomic mass is 19.4. The minimum Gasteiger partial charge on any atom is -0.456 e. The molecular weight excluding hydrogens is 405 g/mol. The summed E-state index contributed by atoms with van der Waals surface area (Å²) in [7, 11) is 0. The molecule has 1 atom stereocenters. The lowest BCUT2D eigenvalue weighted by Crippen LogP contribution is -2.30. The van der Waals surface area contributed by atoms with E-state index in [0.29, 0.717) is 23.3 Å². The Morgan fingerprint density at radius 1 is 1.17 bits per heavy atom. The summed E-state index contributed by atoms with van der Waals surface area (Å²) < 4.78 is 43.3. The quantitative estimate of drug-likeness (QED) is 0.305. The Balaban J connectivity index is 2.08. The molecule has 0 aliphatic heterocycles. The zero-order valence-electron chi connectivity index (χ0n) is 16.4. The maximum absolute atomic E-state index is 12.8. The summed E-state index contributed by atoms with van der Waals surface area (Å²) >= 11 is 0. The van der Waals surface area contributed by atoms with Gasteiger partial charge in [-0.05, 0) is 44.5 Å². The number of ether oxygens (including phenoxy) is 1. The first-order chi connectivity index (χ1) is 13.9. The molecule has 0 aliphatic carbocycles. The van der Waals surface area contributed by atoms with Crippen LogP contribution in [0.3, 0.4) is 0 Å². The minimum absolute atomic E-state index is 0.279. The van der Waals surface area contributed by atoms with Crippen molar-refractivity contribution >= 4 is 23.1 Å². The molecule has 7 nitrogen and oxygen atoms in total. The van der Waals surface area contributed by atoms with Gasteiger partial charge >= 0.3 is 12.1 Å². The van der Waals surface area contributed by atoms with Gasteiger partial charge in [-0.25, -0.2) is 4.79 Å². The summed E-state index contributed by atoms with van der Waals surface area (Å²) in [6.45, 7) is 4.32. The number of nitrogens with one attached hydrogen (secondary N) is 1. The van der Waals surface area contributed by atoms with Gasteiger partial charge in [-0.2, -0.15) is 13.2 Å². The number of aryl methyl sites for hydroxylation is 2. The second-order valence-electron chi connectivity index (χ2n) is 6.70. The standard InChI is InChI=1S/C20H19F3N2O5/c1-11-4-5-12(2)15(8-11)18(26)10-30-19(27)13(3)24-16-7-6-14(20(21,22)23)9-17(16)25(28)29/h4-9,13,24H,10H2,1-3H3. The molecule has 160 valence electrons. The number of carbonyl (C=O) groups is 2. The smallest absolute Gasteiger partial charge is 0.416 e. The number of carbonyl (C=O) groups excluding carboxylic acids is 2. The fraction of sp³-hybridized carbons (Fsp3) is 0.300. The van der Waals surface area contributed by atoms with E-state index in [1.807, 2.05) is 13.0 Å². The Morgan fingerprint density at radius 3 is 2.43 bits per heavy atom.